The zero-order chi connectivity index (χ0) is 21.5. The molecule has 1 heterocycles. The molecule has 0 aliphatic heterocycles. The van der Waals surface area contributed by atoms with Crippen molar-refractivity contribution in [2.24, 2.45) is 4.99 Å². The molecule has 0 fully saturated rings. The number of aromatic amines is 1. The molecule has 0 spiro atoms. The van der Waals surface area contributed by atoms with E-state index in [1.54, 1.807) is 11.8 Å². The molecule has 0 atom stereocenters. The molecule has 0 aliphatic carbocycles. The number of H-pyrrole nitrogens is 1. The Labute approximate surface area is 177 Å². The van der Waals surface area contributed by atoms with Gasteiger partial charge >= 0.3 is 0 Å². The summed E-state index contributed by atoms with van der Waals surface area (Å²) < 4.78 is 12.4. The smallest absolute Gasteiger partial charge is 0.280 e. The standard InChI is InChI=1S/C24H29N3O3/c1-17(2)30-16-8-15-25-18(3)22-23(19-9-6-5-7-10-19)26-27(24(22)28)20-11-13-21(29-4)14-12-20/h5-7,9-14,17,26H,8,15-16H2,1-4H3. The summed E-state index contributed by atoms with van der Waals surface area (Å²) >= 11 is 0. The number of benzene rings is 2. The van der Waals surface area contributed by atoms with E-state index in [9.17, 15) is 4.79 Å². The highest BCUT2D eigenvalue weighted by Crippen LogP contribution is 2.22. The Kier molecular flexibility index (Phi) is 7.25. The van der Waals surface area contributed by atoms with Crippen LogP contribution < -0.4 is 10.3 Å². The second-order valence-electron chi connectivity index (χ2n) is 7.31. The number of hydrogen-bond donors (Lipinski definition) is 1. The number of rotatable bonds is 9. The van der Waals surface area contributed by atoms with Crippen molar-refractivity contribution in [2.45, 2.75) is 33.3 Å². The maximum Gasteiger partial charge on any atom is 0.280 e. The maximum absolute atomic E-state index is 13.3. The van der Waals surface area contributed by atoms with E-state index in [4.69, 9.17) is 9.47 Å². The first kappa shape index (κ1) is 21.6. The Bertz CT molecular complexity index is 1030. The van der Waals surface area contributed by atoms with Crippen molar-refractivity contribution in [3.8, 4) is 22.7 Å². The largest absolute Gasteiger partial charge is 0.497 e. The highest BCUT2D eigenvalue weighted by atomic mass is 16.5. The summed E-state index contributed by atoms with van der Waals surface area (Å²) in [4.78, 5) is 18.0. The van der Waals surface area contributed by atoms with Crippen LogP contribution in [-0.4, -0.2) is 41.9 Å². The molecule has 2 aromatic carbocycles. The number of methoxy groups -OCH3 is 1. The zero-order valence-electron chi connectivity index (χ0n) is 18.0. The quantitative estimate of drug-likeness (QED) is 0.420. The predicted octanol–water partition coefficient (Wildman–Crippen LogP) is 4.47. The van der Waals surface area contributed by atoms with Crippen molar-refractivity contribution in [3.63, 3.8) is 0 Å². The van der Waals surface area contributed by atoms with Gasteiger partial charge in [-0.15, -0.1) is 0 Å². The van der Waals surface area contributed by atoms with E-state index in [1.807, 2.05) is 75.4 Å². The molecule has 0 saturated carbocycles. The molecule has 1 aromatic heterocycles. The van der Waals surface area contributed by atoms with E-state index in [0.717, 1.165) is 29.1 Å². The van der Waals surface area contributed by atoms with Gasteiger partial charge in [0.25, 0.3) is 5.56 Å². The van der Waals surface area contributed by atoms with Crippen molar-refractivity contribution in [1.82, 2.24) is 9.78 Å². The normalized spacial score (nSPS) is 11.8. The third kappa shape index (κ3) is 5.07. The fourth-order valence-corrected chi connectivity index (χ4v) is 3.21. The van der Waals surface area contributed by atoms with Crippen LogP contribution in [0.4, 0.5) is 0 Å². The molecule has 0 unspecified atom stereocenters. The second-order valence-corrected chi connectivity index (χ2v) is 7.31. The van der Waals surface area contributed by atoms with Crippen LogP contribution in [0.25, 0.3) is 16.9 Å². The Balaban J connectivity index is 1.97. The van der Waals surface area contributed by atoms with E-state index in [0.29, 0.717) is 24.4 Å². The van der Waals surface area contributed by atoms with Gasteiger partial charge in [0.1, 0.15) is 5.75 Å². The van der Waals surface area contributed by atoms with Gasteiger partial charge in [-0.3, -0.25) is 14.9 Å². The number of ether oxygens (including phenoxy) is 2. The van der Waals surface area contributed by atoms with Crippen LogP contribution in [-0.2, 0) is 4.74 Å². The van der Waals surface area contributed by atoms with Gasteiger partial charge in [0.15, 0.2) is 0 Å². The van der Waals surface area contributed by atoms with E-state index in [-0.39, 0.29) is 11.7 Å². The number of nitrogens with zero attached hydrogens (tertiary/aromatic N) is 2. The Morgan fingerprint density at radius 3 is 2.43 bits per heavy atom. The Morgan fingerprint density at radius 1 is 1.10 bits per heavy atom. The van der Waals surface area contributed by atoms with Crippen LogP contribution in [0, 0.1) is 0 Å². The van der Waals surface area contributed by atoms with Gasteiger partial charge < -0.3 is 9.47 Å². The monoisotopic (exact) mass is 407 g/mol. The number of aromatic nitrogens is 2. The first-order valence-corrected chi connectivity index (χ1v) is 10.2. The molecule has 3 aromatic rings. The summed E-state index contributed by atoms with van der Waals surface area (Å²) in [6, 6.07) is 17.2. The molecule has 3 rings (SSSR count). The van der Waals surface area contributed by atoms with Crippen LogP contribution in [0.15, 0.2) is 64.4 Å². The summed E-state index contributed by atoms with van der Waals surface area (Å²) in [7, 11) is 1.62. The van der Waals surface area contributed by atoms with Gasteiger partial charge in [-0.2, -0.15) is 0 Å². The van der Waals surface area contributed by atoms with E-state index in [2.05, 4.69) is 10.1 Å². The minimum atomic E-state index is -0.126. The van der Waals surface area contributed by atoms with Crippen LogP contribution in [0.3, 0.4) is 0 Å². The van der Waals surface area contributed by atoms with Crippen molar-refractivity contribution in [3.05, 3.63) is 70.5 Å². The van der Waals surface area contributed by atoms with Crippen LogP contribution in [0.5, 0.6) is 5.75 Å². The van der Waals surface area contributed by atoms with Crippen molar-refractivity contribution < 1.29 is 9.47 Å². The van der Waals surface area contributed by atoms with Gasteiger partial charge in [-0.25, -0.2) is 4.68 Å². The number of nitrogens with one attached hydrogen (secondary N) is 1. The average Bonchev–Trinajstić information content (AvgIpc) is 3.11. The molecule has 158 valence electrons. The molecule has 6 heteroatoms. The van der Waals surface area contributed by atoms with Gasteiger partial charge in [0.05, 0.1) is 30.2 Å². The van der Waals surface area contributed by atoms with Gasteiger partial charge in [0, 0.05) is 24.4 Å². The minimum absolute atomic E-state index is 0.126. The lowest BCUT2D eigenvalue weighted by Gasteiger charge is -2.06. The molecular formula is C24H29N3O3. The third-order valence-electron chi connectivity index (χ3n) is 4.75. The van der Waals surface area contributed by atoms with Crippen molar-refractivity contribution >= 4 is 5.71 Å². The molecular weight excluding hydrogens is 378 g/mol. The number of hydrogen-bond acceptors (Lipinski definition) is 4. The average molecular weight is 408 g/mol. The van der Waals surface area contributed by atoms with Gasteiger partial charge in [0.2, 0.25) is 0 Å². The summed E-state index contributed by atoms with van der Waals surface area (Å²) in [6.45, 7) is 7.19. The SMILES string of the molecule is COc1ccc(-n2[nH]c(-c3ccccc3)c(C(C)=NCCCOC(C)C)c2=O)cc1. The highest BCUT2D eigenvalue weighted by Gasteiger charge is 2.19. The topological polar surface area (TPSA) is 68.6 Å². The van der Waals surface area contributed by atoms with Crippen LogP contribution in [0.1, 0.15) is 32.8 Å². The van der Waals surface area contributed by atoms with Crippen molar-refractivity contribution in [1.29, 1.82) is 0 Å². The van der Waals surface area contributed by atoms with Crippen LogP contribution >= 0.6 is 0 Å². The van der Waals surface area contributed by atoms with E-state index >= 15 is 0 Å². The summed E-state index contributed by atoms with van der Waals surface area (Å²) in [6.07, 6.45) is 1.02. The summed E-state index contributed by atoms with van der Waals surface area (Å²) in [5.41, 5.74) is 3.61. The predicted molar refractivity (Wildman–Crippen MR) is 121 cm³/mol. The fraction of sp³-hybridized carbons (Fsp3) is 0.333. The fourth-order valence-electron chi connectivity index (χ4n) is 3.21. The summed E-state index contributed by atoms with van der Waals surface area (Å²) in [5, 5.41) is 3.28. The molecule has 0 saturated heterocycles. The van der Waals surface area contributed by atoms with E-state index in [1.165, 1.54) is 0 Å². The Morgan fingerprint density at radius 2 is 1.80 bits per heavy atom. The molecule has 0 bridgehead atoms. The second kappa shape index (κ2) is 10.1. The zero-order valence-corrected chi connectivity index (χ0v) is 18.0. The molecule has 6 nitrogen and oxygen atoms in total. The molecule has 0 amide bonds. The lowest BCUT2D eigenvalue weighted by Crippen LogP contribution is -2.19. The number of aliphatic imine (C=N–C) groups is 1. The van der Waals surface area contributed by atoms with Crippen LogP contribution in [0.2, 0.25) is 0 Å². The van der Waals surface area contributed by atoms with Gasteiger partial charge in [-0.05, 0) is 51.5 Å². The first-order valence-electron chi connectivity index (χ1n) is 10.2. The van der Waals surface area contributed by atoms with E-state index < -0.39 is 0 Å². The molecule has 0 radical (unpaired) electrons. The minimum Gasteiger partial charge on any atom is -0.497 e. The van der Waals surface area contributed by atoms with Crippen molar-refractivity contribution in [2.75, 3.05) is 20.3 Å². The summed E-state index contributed by atoms with van der Waals surface area (Å²) in [5.74, 6) is 0.739. The molecule has 0 aliphatic rings. The first-order chi connectivity index (χ1) is 14.5. The molecule has 30 heavy (non-hydrogen) atoms. The molecule has 1 N–H and O–H groups in total. The van der Waals surface area contributed by atoms with Gasteiger partial charge in [-0.1, -0.05) is 30.3 Å². The maximum atomic E-state index is 13.3. The third-order valence-corrected chi connectivity index (χ3v) is 4.75. The Hall–Kier alpha value is -3.12. The lowest BCUT2D eigenvalue weighted by molar-refractivity contribution is 0.0783. The highest BCUT2D eigenvalue weighted by molar-refractivity contribution is 6.03. The lowest BCUT2D eigenvalue weighted by atomic mass is 10.1.